The van der Waals surface area contributed by atoms with Crippen molar-refractivity contribution in [2.24, 2.45) is 0 Å². The Balaban J connectivity index is 3.26. The van der Waals surface area contributed by atoms with Gasteiger partial charge in [-0.05, 0) is 0 Å². The minimum atomic E-state index is 0.445. The summed E-state index contributed by atoms with van der Waals surface area (Å²) in [4.78, 5) is 0. The van der Waals surface area contributed by atoms with Gasteiger partial charge in [-0.15, -0.1) is 0 Å². The molecule has 0 N–H and O–H groups in total. The minimum Gasteiger partial charge on any atom is -0.0930 e. The van der Waals surface area contributed by atoms with Crippen LogP contribution in [0, 0.1) is 0 Å². The highest BCUT2D eigenvalue weighted by Gasteiger charge is 2.09. The summed E-state index contributed by atoms with van der Waals surface area (Å²) in [7, 11) is 23.2. The summed E-state index contributed by atoms with van der Waals surface area (Å²) in [6.45, 7) is 2.57. The van der Waals surface area contributed by atoms with E-state index in [-0.39, 0.29) is 0 Å². The molecule has 0 saturated carbocycles. The summed E-state index contributed by atoms with van der Waals surface area (Å²) in [5.74, 6) is 0. The van der Waals surface area contributed by atoms with Crippen LogP contribution in [-0.2, 0) is 0 Å². The Bertz CT molecular complexity index is 83.9. The molecule has 0 bridgehead atoms. The maximum atomic E-state index is 5.22. The van der Waals surface area contributed by atoms with E-state index in [1.54, 1.807) is 0 Å². The first-order valence-electron chi connectivity index (χ1n) is 4.12. The van der Waals surface area contributed by atoms with Crippen molar-refractivity contribution in [2.75, 3.05) is 0 Å². The zero-order chi connectivity index (χ0) is 9.23. The Morgan fingerprint density at radius 2 is 1.58 bits per heavy atom. The fourth-order valence-electron chi connectivity index (χ4n) is 0.814. The molecule has 0 aromatic rings. The van der Waals surface area contributed by atoms with E-state index >= 15 is 0 Å². The number of hydrogen-bond donors (Lipinski definition) is 0. The first kappa shape index (κ1) is 12.6. The van der Waals surface area contributed by atoms with Gasteiger partial charge in [0.15, 0.2) is 0 Å². The minimum absolute atomic E-state index is 0.445. The largest absolute Gasteiger partial charge is 0.0930 e. The van der Waals surface area contributed by atoms with Crippen molar-refractivity contribution in [1.82, 2.24) is 0 Å². The fraction of sp³-hybridized carbons (Fsp3) is 1.00. The van der Waals surface area contributed by atoms with Crippen LogP contribution in [0.25, 0.3) is 0 Å². The van der Waals surface area contributed by atoms with Gasteiger partial charge in [0.05, 0.1) is 0 Å². The molecule has 0 saturated heterocycles. The Kier molecular flexibility index (Phi) is 10.3. The van der Waals surface area contributed by atoms with Crippen LogP contribution >= 0.6 is 0 Å². The number of hydrogen-bond acceptors (Lipinski definition) is 0. The van der Waals surface area contributed by atoms with Gasteiger partial charge in [-0.25, -0.2) is 0 Å². The van der Waals surface area contributed by atoms with E-state index in [0.29, 0.717) is 6.49 Å². The standard InChI is InChI=1S/C2H5B10/c1-2-12(10-8-6-4)11-9-7-5-3/h2H2,1H3. The Morgan fingerprint density at radius 3 is 2.08 bits per heavy atom. The molecule has 0 spiro atoms. The van der Waals surface area contributed by atoms with E-state index in [0.717, 1.165) is 6.32 Å². The van der Waals surface area contributed by atoms with Crippen molar-refractivity contribution in [3.05, 3.63) is 0 Å². The summed E-state index contributed by atoms with van der Waals surface area (Å²) in [6, 6.07) is 0. The first-order chi connectivity index (χ1) is 5.85. The predicted octanol–water partition coefficient (Wildman–Crippen LogP) is -2.83. The van der Waals surface area contributed by atoms with Crippen LogP contribution in [0.2, 0.25) is 6.32 Å². The summed E-state index contributed by atoms with van der Waals surface area (Å²) in [5.41, 5.74) is 0. The van der Waals surface area contributed by atoms with Crippen LogP contribution in [0.4, 0.5) is 0 Å². The fourth-order valence-corrected chi connectivity index (χ4v) is 0.814. The van der Waals surface area contributed by atoms with E-state index < -0.39 is 0 Å². The second-order valence-corrected chi connectivity index (χ2v) is 2.42. The lowest BCUT2D eigenvalue weighted by Crippen LogP contribution is -2.40. The molecule has 0 unspecified atom stereocenters. The monoisotopic (exact) mass is 139 g/mol. The van der Waals surface area contributed by atoms with Crippen LogP contribution < -0.4 is 0 Å². The lowest BCUT2D eigenvalue weighted by Gasteiger charge is -2.08. The molecular weight excluding hydrogens is 132 g/mol. The zero-order valence-corrected chi connectivity index (χ0v) is 7.48. The molecule has 0 nitrogen and oxygen atoms in total. The maximum absolute atomic E-state index is 5.22. The van der Waals surface area contributed by atoms with E-state index in [1.165, 1.54) is 14.1 Å². The molecule has 0 aromatic heterocycles. The van der Waals surface area contributed by atoms with Gasteiger partial charge in [0, 0.05) is 71.4 Å². The SMILES string of the molecule is [B][B][B][B][B]B([B][B][B][B])CC. The Labute approximate surface area is 85.0 Å². The second-order valence-electron chi connectivity index (χ2n) is 2.42. The second kappa shape index (κ2) is 9.74. The summed E-state index contributed by atoms with van der Waals surface area (Å²) >= 11 is 0. The molecule has 0 aromatic carbocycles. The lowest BCUT2D eigenvalue weighted by atomic mass is 8.82. The highest BCUT2D eigenvalue weighted by atomic mass is 13.4. The molecule has 12 heavy (non-hydrogen) atoms. The topological polar surface area (TPSA) is 0 Å². The summed E-state index contributed by atoms with van der Waals surface area (Å²) in [6.07, 6.45) is 1.07. The van der Waals surface area contributed by atoms with Crippen LogP contribution in [0.5, 0.6) is 0 Å². The summed E-state index contributed by atoms with van der Waals surface area (Å²) < 4.78 is 0. The van der Waals surface area contributed by atoms with Crippen molar-refractivity contribution in [1.29, 1.82) is 0 Å². The third kappa shape index (κ3) is 7.31. The van der Waals surface area contributed by atoms with Crippen LogP contribution in [0.15, 0.2) is 0 Å². The molecule has 0 rings (SSSR count). The first-order valence-corrected chi connectivity index (χ1v) is 4.12. The van der Waals surface area contributed by atoms with Gasteiger partial charge in [-0.2, -0.15) is 0 Å². The van der Waals surface area contributed by atoms with Gasteiger partial charge in [0.1, 0.15) is 0 Å². The summed E-state index contributed by atoms with van der Waals surface area (Å²) in [5, 5.41) is 0. The Hall–Kier alpha value is 0.649. The van der Waals surface area contributed by atoms with Crippen molar-refractivity contribution in [3.63, 3.8) is 0 Å². The van der Waals surface area contributed by atoms with Gasteiger partial charge in [-0.1, -0.05) is 13.2 Å². The quantitative estimate of drug-likeness (QED) is 0.250. The van der Waals surface area contributed by atoms with Crippen LogP contribution in [0.3, 0.4) is 0 Å². The van der Waals surface area contributed by atoms with Crippen LogP contribution in [-0.4, -0.2) is 71.4 Å². The van der Waals surface area contributed by atoms with Crippen molar-refractivity contribution < 1.29 is 0 Å². The molecule has 0 aliphatic carbocycles. The van der Waals surface area contributed by atoms with Gasteiger partial charge in [0.2, 0.25) is 0 Å². The predicted molar refractivity (Wildman–Crippen MR) is 68.0 cm³/mol. The van der Waals surface area contributed by atoms with Gasteiger partial charge in [-0.3, -0.25) is 0 Å². The lowest BCUT2D eigenvalue weighted by molar-refractivity contribution is 1.47. The van der Waals surface area contributed by atoms with E-state index in [1.807, 2.05) is 21.2 Å². The molecule has 11 radical (unpaired) electrons. The molecule has 0 atom stereocenters. The van der Waals surface area contributed by atoms with E-state index in [9.17, 15) is 0 Å². The highest BCUT2D eigenvalue weighted by Crippen LogP contribution is 1.84. The van der Waals surface area contributed by atoms with Gasteiger partial charge < -0.3 is 0 Å². The third-order valence-corrected chi connectivity index (χ3v) is 1.52. The van der Waals surface area contributed by atoms with E-state index in [2.05, 4.69) is 21.0 Å². The average Bonchev–Trinajstić information content (AvgIpc) is 2.11. The molecule has 0 fully saturated rings. The van der Waals surface area contributed by atoms with Crippen LogP contribution in [0.1, 0.15) is 6.92 Å². The molecular formula is C2H5B10. The molecule has 10 heteroatoms. The molecule has 43 valence electrons. The third-order valence-electron chi connectivity index (χ3n) is 1.52. The van der Waals surface area contributed by atoms with E-state index in [4.69, 9.17) is 15.5 Å². The highest BCUT2D eigenvalue weighted by molar-refractivity contribution is 7.72. The normalized spacial score (nSPS) is 7.75. The van der Waals surface area contributed by atoms with Crippen molar-refractivity contribution >= 4 is 71.4 Å². The number of rotatable bonds is 8. The molecule has 0 amide bonds. The average molecular weight is 137 g/mol. The molecule has 0 heterocycles. The molecule has 0 aliphatic heterocycles. The van der Waals surface area contributed by atoms with Crippen molar-refractivity contribution in [3.8, 4) is 0 Å². The van der Waals surface area contributed by atoms with Gasteiger partial charge in [0.25, 0.3) is 0 Å². The smallest absolute Gasteiger partial charge is 0.0449 e. The Morgan fingerprint density at radius 1 is 1.00 bits per heavy atom. The zero-order valence-electron chi connectivity index (χ0n) is 7.48. The maximum Gasteiger partial charge on any atom is 0.0449 e. The van der Waals surface area contributed by atoms with Gasteiger partial charge >= 0.3 is 0 Å². The van der Waals surface area contributed by atoms with Crippen molar-refractivity contribution in [2.45, 2.75) is 13.2 Å². The molecule has 0 aliphatic rings.